The van der Waals surface area contributed by atoms with E-state index >= 15 is 0 Å². The van der Waals surface area contributed by atoms with Crippen LogP contribution in [0.2, 0.25) is 0 Å². The van der Waals surface area contributed by atoms with Gasteiger partial charge in [0.05, 0.1) is 28.0 Å². The monoisotopic (exact) mass is 691 g/mol. The molecule has 3 aliphatic heterocycles. The lowest BCUT2D eigenvalue weighted by molar-refractivity contribution is -0.173. The van der Waals surface area contributed by atoms with E-state index in [0.717, 1.165) is 97.7 Å². The van der Waals surface area contributed by atoms with Crippen molar-refractivity contribution in [1.82, 2.24) is 15.2 Å². The van der Waals surface area contributed by atoms with Crippen LogP contribution in [0.15, 0.2) is 24.3 Å². The molecule has 4 heterocycles. The molecule has 9 heteroatoms. The van der Waals surface area contributed by atoms with E-state index < -0.39 is 28.8 Å². The Morgan fingerprint density at radius 3 is 2.45 bits per heavy atom. The van der Waals surface area contributed by atoms with Crippen LogP contribution in [0.25, 0.3) is 0 Å². The van der Waals surface area contributed by atoms with Gasteiger partial charge >= 0.3 is 0 Å². The van der Waals surface area contributed by atoms with Crippen molar-refractivity contribution in [2.45, 2.75) is 124 Å². The number of fused-ring (bicyclic) bond motifs is 9. The predicted octanol–water partition coefficient (Wildman–Crippen LogP) is 4.80. The Hall–Kier alpha value is -3.24. The second kappa shape index (κ2) is 10.0. The summed E-state index contributed by atoms with van der Waals surface area (Å²) in [5.41, 5.74) is 5.61. The molecule has 268 valence electrons. The minimum absolute atomic E-state index is 0.0387. The topological polar surface area (TPSA) is 130 Å². The molecule has 0 amide bonds. The van der Waals surface area contributed by atoms with Gasteiger partial charge in [0, 0.05) is 54.9 Å². The Morgan fingerprint density at radius 2 is 1.63 bits per heavy atom. The van der Waals surface area contributed by atoms with Gasteiger partial charge in [0.25, 0.3) is 0 Å². The number of likely N-dealkylation sites (tertiary alicyclic amines) is 1. The van der Waals surface area contributed by atoms with Crippen molar-refractivity contribution in [2.75, 3.05) is 19.6 Å². The van der Waals surface area contributed by atoms with Crippen molar-refractivity contribution in [3.63, 3.8) is 0 Å². The van der Waals surface area contributed by atoms with E-state index in [1.165, 1.54) is 36.8 Å². The number of hydrogen-bond acceptors (Lipinski definition) is 8. The Morgan fingerprint density at radius 1 is 0.843 bits per heavy atom. The van der Waals surface area contributed by atoms with Crippen molar-refractivity contribution in [3.8, 4) is 23.0 Å². The number of phenolic OH excluding ortho intramolecular Hbond substituents is 2. The van der Waals surface area contributed by atoms with Crippen LogP contribution in [-0.2, 0) is 37.5 Å². The van der Waals surface area contributed by atoms with E-state index in [0.29, 0.717) is 36.7 Å². The summed E-state index contributed by atoms with van der Waals surface area (Å²) in [7, 11) is 0. The average Bonchev–Trinajstić information content (AvgIpc) is 4.02. The summed E-state index contributed by atoms with van der Waals surface area (Å²) in [4.78, 5) is 6.43. The number of phenols is 2. The highest BCUT2D eigenvalue weighted by Gasteiger charge is 2.73. The quantitative estimate of drug-likeness (QED) is 0.225. The first kappa shape index (κ1) is 30.2. The van der Waals surface area contributed by atoms with Gasteiger partial charge < -0.3 is 40.2 Å². The van der Waals surface area contributed by atoms with E-state index in [4.69, 9.17) is 9.47 Å². The Balaban J connectivity index is 1.03. The fraction of sp³-hybridized carbons (Fsp3) is 0.619. The fourth-order valence-corrected chi connectivity index (χ4v) is 12.6. The minimum Gasteiger partial charge on any atom is -0.504 e. The largest absolute Gasteiger partial charge is 0.504 e. The lowest BCUT2D eigenvalue weighted by Crippen LogP contribution is -2.74. The highest BCUT2D eigenvalue weighted by Crippen LogP contribution is 2.69. The molecule has 8 atom stereocenters. The maximum atomic E-state index is 13.5. The zero-order valence-electron chi connectivity index (χ0n) is 29.2. The molecule has 2 aromatic carbocycles. The highest BCUT2D eigenvalue weighted by atomic mass is 16.5. The van der Waals surface area contributed by atoms with Gasteiger partial charge in [0.2, 0.25) is 0 Å². The molecular formula is C42H49N3O6. The zero-order chi connectivity index (χ0) is 34.0. The van der Waals surface area contributed by atoms with Crippen molar-refractivity contribution in [2.24, 2.45) is 17.8 Å². The lowest BCUT2D eigenvalue weighted by atomic mass is 9.48. The number of hydrogen-bond donors (Lipinski definition) is 6. The molecule has 0 radical (unpaired) electrons. The van der Waals surface area contributed by atoms with Crippen LogP contribution in [0.3, 0.4) is 0 Å². The first-order chi connectivity index (χ1) is 24.7. The number of rotatable bonds is 5. The molecule has 9 nitrogen and oxygen atoms in total. The third-order valence-electron chi connectivity index (χ3n) is 15.4. The number of nitrogens with one attached hydrogen (secondary N) is 2. The lowest BCUT2D eigenvalue weighted by Gasteiger charge is -2.63. The molecule has 1 aromatic heterocycles. The van der Waals surface area contributed by atoms with Crippen molar-refractivity contribution in [1.29, 1.82) is 0 Å². The smallest absolute Gasteiger partial charge is 0.166 e. The van der Waals surface area contributed by atoms with Crippen molar-refractivity contribution in [3.05, 3.63) is 69.0 Å². The second-order valence-corrected chi connectivity index (χ2v) is 18.1. The Kier molecular flexibility index (Phi) is 5.95. The number of nitrogens with zero attached hydrogens (tertiary/aromatic N) is 1. The van der Waals surface area contributed by atoms with E-state index in [9.17, 15) is 20.4 Å². The maximum absolute atomic E-state index is 13.5. The van der Waals surface area contributed by atoms with Crippen molar-refractivity contribution >= 4 is 0 Å². The van der Waals surface area contributed by atoms with Crippen LogP contribution in [0, 0.1) is 17.8 Å². The van der Waals surface area contributed by atoms with Gasteiger partial charge in [-0.15, -0.1) is 0 Å². The first-order valence-corrected chi connectivity index (χ1v) is 19.9. The summed E-state index contributed by atoms with van der Waals surface area (Å²) < 4.78 is 13.9. The molecule has 3 aromatic rings. The Bertz CT molecular complexity index is 2000. The third-order valence-corrected chi connectivity index (χ3v) is 15.4. The second-order valence-electron chi connectivity index (χ2n) is 18.1. The van der Waals surface area contributed by atoms with Gasteiger partial charge in [-0.1, -0.05) is 12.1 Å². The van der Waals surface area contributed by atoms with Crippen LogP contribution in [0.4, 0.5) is 0 Å². The van der Waals surface area contributed by atoms with Crippen LogP contribution in [0.5, 0.6) is 23.0 Å². The molecule has 6 aliphatic carbocycles. The minimum atomic E-state index is -1.10. The molecule has 3 fully saturated rings. The maximum Gasteiger partial charge on any atom is 0.166 e. The predicted molar refractivity (Wildman–Crippen MR) is 188 cm³/mol. The van der Waals surface area contributed by atoms with Crippen LogP contribution in [-0.4, -0.2) is 73.2 Å². The van der Waals surface area contributed by atoms with Gasteiger partial charge in [0.15, 0.2) is 29.1 Å². The number of benzene rings is 2. The summed E-state index contributed by atoms with van der Waals surface area (Å²) in [5.74, 6) is 2.79. The fourth-order valence-electron chi connectivity index (χ4n) is 12.6. The third kappa shape index (κ3) is 3.96. The van der Waals surface area contributed by atoms with E-state index in [1.54, 1.807) is 12.1 Å². The molecule has 9 aliphatic rings. The standard InChI is InChI=1S/C42H49N3O6/c46-30-10-8-23-14-28-29(43-19-21-4-5-21)3-1-2-25(23)37(30)50-32-18-40(28,48)16-26-27-17-42(49)33-15-24-9-11-31(47)38-34(24)41(42,12-13-45(33)20-22-6-7-22)39(51-38)36(27)44-35(26)32/h8-11,21-22,28-29,32-33,39,43-44,46-49H,1-7,12-20H2/t28-,29?,32+,33?,39-,40-,41-,42+/m0/s1. The number of ether oxygens (including phenoxy) is 2. The summed E-state index contributed by atoms with van der Waals surface area (Å²) in [6.45, 7) is 2.91. The molecule has 12 rings (SSSR count). The van der Waals surface area contributed by atoms with Gasteiger partial charge in [-0.25, -0.2) is 0 Å². The molecular weight excluding hydrogens is 642 g/mol. The van der Waals surface area contributed by atoms with Gasteiger partial charge in [-0.2, -0.15) is 0 Å². The molecule has 2 saturated carbocycles. The highest BCUT2D eigenvalue weighted by molar-refractivity contribution is 5.65. The van der Waals surface area contributed by atoms with Crippen LogP contribution >= 0.6 is 0 Å². The van der Waals surface area contributed by atoms with Gasteiger partial charge in [-0.05, 0) is 124 Å². The number of aliphatic hydroxyl groups is 2. The van der Waals surface area contributed by atoms with E-state index in [2.05, 4.69) is 27.3 Å². The number of aromatic nitrogens is 1. The van der Waals surface area contributed by atoms with Crippen molar-refractivity contribution < 1.29 is 29.9 Å². The van der Waals surface area contributed by atoms with Crippen LogP contribution < -0.4 is 14.8 Å². The summed E-state index contributed by atoms with van der Waals surface area (Å²) >= 11 is 0. The summed E-state index contributed by atoms with van der Waals surface area (Å²) in [5, 5.41) is 53.2. The van der Waals surface area contributed by atoms with E-state index in [-0.39, 0.29) is 29.5 Å². The molecule has 6 N–H and O–H groups in total. The van der Waals surface area contributed by atoms with Gasteiger partial charge in [-0.3, -0.25) is 4.90 Å². The van der Waals surface area contributed by atoms with E-state index in [1.807, 2.05) is 0 Å². The Labute approximate surface area is 298 Å². The molecule has 1 saturated heterocycles. The molecule has 51 heavy (non-hydrogen) atoms. The van der Waals surface area contributed by atoms with Crippen LogP contribution in [0.1, 0.15) is 108 Å². The molecule has 1 spiro atoms. The zero-order valence-corrected chi connectivity index (χ0v) is 29.2. The number of aromatic hydroxyl groups is 2. The molecule has 8 bridgehead atoms. The summed E-state index contributed by atoms with van der Waals surface area (Å²) in [6.07, 6.45) is 10.5. The number of H-pyrrole nitrogens is 1. The first-order valence-electron chi connectivity index (χ1n) is 19.9. The summed E-state index contributed by atoms with van der Waals surface area (Å²) in [6, 6.07) is 7.77. The normalized spacial score (nSPS) is 38.2. The molecule has 2 unspecified atom stereocenters. The SMILES string of the molecule is Oc1ccc2c3c1O[C@@H]1C[C@@](O)(Cc4c1[nH]c1c4C[C@@]4(O)C5Cc6ccc(O)c7c6[C@@]4(CCN5CC4CC4)[C@H]1O7)[C@@H](C2)C(NCC1CC1)CCC3. The number of aromatic amines is 1. The van der Waals surface area contributed by atoms with Gasteiger partial charge in [0.1, 0.15) is 6.10 Å². The number of piperidine rings is 1. The average molecular weight is 692 g/mol.